The molecule has 26 heavy (non-hydrogen) atoms. The fourth-order valence-corrected chi connectivity index (χ4v) is 3.44. The van der Waals surface area contributed by atoms with E-state index in [2.05, 4.69) is 50.1 Å². The Balaban J connectivity index is 1.39. The molecular formula is C19H24N6O. The molecular weight excluding hydrogens is 328 g/mol. The summed E-state index contributed by atoms with van der Waals surface area (Å²) in [5.74, 6) is 0.630. The Bertz CT molecular complexity index is 885. The number of ether oxygens (including phenoxy) is 1. The van der Waals surface area contributed by atoms with Crippen molar-refractivity contribution in [1.82, 2.24) is 24.6 Å². The van der Waals surface area contributed by atoms with Gasteiger partial charge in [0.2, 0.25) is 5.88 Å². The Morgan fingerprint density at radius 3 is 2.65 bits per heavy atom. The molecule has 0 N–H and O–H groups in total. The van der Waals surface area contributed by atoms with Crippen LogP contribution in [-0.4, -0.2) is 64.5 Å². The number of benzene rings is 1. The third-order valence-electron chi connectivity index (χ3n) is 4.92. The zero-order chi connectivity index (χ0) is 17.9. The summed E-state index contributed by atoms with van der Waals surface area (Å²) in [6, 6.07) is 6.31. The van der Waals surface area contributed by atoms with E-state index in [1.165, 1.54) is 11.3 Å². The smallest absolute Gasteiger partial charge is 0.224 e. The van der Waals surface area contributed by atoms with E-state index in [0.29, 0.717) is 5.88 Å². The highest BCUT2D eigenvalue weighted by Gasteiger charge is 2.18. The lowest BCUT2D eigenvalue weighted by atomic mass is 10.2. The first kappa shape index (κ1) is 16.8. The molecule has 0 atom stereocenters. The van der Waals surface area contributed by atoms with Gasteiger partial charge in [0.15, 0.2) is 0 Å². The molecule has 7 heteroatoms. The maximum Gasteiger partial charge on any atom is 0.224 e. The molecule has 0 saturated carbocycles. The molecule has 1 aliphatic rings. The predicted octanol–water partition coefficient (Wildman–Crippen LogP) is 1.97. The number of aryl methyl sites for hydroxylation is 1. The summed E-state index contributed by atoms with van der Waals surface area (Å²) in [6.07, 6.45) is 5.55. The number of aromatic nitrogens is 4. The largest absolute Gasteiger partial charge is 0.480 e. The van der Waals surface area contributed by atoms with Crippen LogP contribution in [0.1, 0.15) is 5.56 Å². The number of piperazine rings is 1. The number of hydrogen-bond acceptors (Lipinski definition) is 6. The van der Waals surface area contributed by atoms with Gasteiger partial charge in [-0.1, -0.05) is 0 Å². The minimum absolute atomic E-state index is 0.630. The van der Waals surface area contributed by atoms with Gasteiger partial charge in [0.25, 0.3) is 0 Å². The van der Waals surface area contributed by atoms with Crippen molar-refractivity contribution in [3.63, 3.8) is 0 Å². The van der Waals surface area contributed by atoms with Gasteiger partial charge in [-0.3, -0.25) is 9.58 Å². The average molecular weight is 352 g/mol. The van der Waals surface area contributed by atoms with E-state index in [-0.39, 0.29) is 0 Å². The van der Waals surface area contributed by atoms with E-state index in [0.717, 1.165) is 50.2 Å². The minimum Gasteiger partial charge on any atom is -0.480 e. The first-order valence-corrected chi connectivity index (χ1v) is 8.98. The standard InChI is InChI=1S/C19H24N6O/c1-15-12-22-25(13-15)10-7-23-5-8-24(9-6-23)16-3-4-18-17(11-16)19(26-2)21-14-20-18/h3-4,11-14H,5-10H2,1-2H3. The number of rotatable bonds is 5. The molecule has 3 heterocycles. The maximum atomic E-state index is 5.38. The van der Waals surface area contributed by atoms with Crippen LogP contribution in [0.2, 0.25) is 0 Å². The summed E-state index contributed by atoms with van der Waals surface area (Å²) in [6.45, 7) is 8.19. The zero-order valence-electron chi connectivity index (χ0n) is 15.3. The van der Waals surface area contributed by atoms with Crippen LogP contribution < -0.4 is 9.64 Å². The molecule has 4 rings (SSSR count). The molecule has 0 radical (unpaired) electrons. The first-order valence-electron chi connectivity index (χ1n) is 8.98. The SMILES string of the molecule is COc1ncnc2ccc(N3CCN(CCn4cc(C)cn4)CC3)cc12. The second kappa shape index (κ2) is 7.29. The monoisotopic (exact) mass is 352 g/mol. The highest BCUT2D eigenvalue weighted by molar-refractivity contribution is 5.86. The second-order valence-electron chi connectivity index (χ2n) is 6.69. The van der Waals surface area contributed by atoms with Crippen molar-refractivity contribution in [3.8, 4) is 5.88 Å². The van der Waals surface area contributed by atoms with Gasteiger partial charge in [0.05, 0.1) is 30.8 Å². The molecule has 0 amide bonds. The van der Waals surface area contributed by atoms with Crippen molar-refractivity contribution in [1.29, 1.82) is 0 Å². The summed E-state index contributed by atoms with van der Waals surface area (Å²) in [4.78, 5) is 13.4. The van der Waals surface area contributed by atoms with Crippen LogP contribution in [0.3, 0.4) is 0 Å². The molecule has 3 aromatic rings. The molecule has 2 aromatic heterocycles. The van der Waals surface area contributed by atoms with Crippen LogP contribution >= 0.6 is 0 Å². The average Bonchev–Trinajstić information content (AvgIpc) is 3.11. The van der Waals surface area contributed by atoms with Gasteiger partial charge in [-0.15, -0.1) is 0 Å². The molecule has 0 unspecified atom stereocenters. The molecule has 1 saturated heterocycles. The van der Waals surface area contributed by atoms with Crippen molar-refractivity contribution in [2.75, 3.05) is 44.7 Å². The van der Waals surface area contributed by atoms with Crippen LogP contribution in [0.4, 0.5) is 5.69 Å². The molecule has 7 nitrogen and oxygen atoms in total. The lowest BCUT2D eigenvalue weighted by Gasteiger charge is -2.36. The summed E-state index contributed by atoms with van der Waals surface area (Å²) in [5, 5.41) is 5.33. The molecule has 0 aliphatic carbocycles. The quantitative estimate of drug-likeness (QED) is 0.700. The second-order valence-corrected chi connectivity index (χ2v) is 6.69. The highest BCUT2D eigenvalue weighted by atomic mass is 16.5. The molecule has 1 aromatic carbocycles. The third kappa shape index (κ3) is 3.48. The molecule has 136 valence electrons. The molecule has 1 aliphatic heterocycles. The Morgan fingerprint density at radius 2 is 1.92 bits per heavy atom. The minimum atomic E-state index is 0.630. The van der Waals surface area contributed by atoms with Gasteiger partial charge in [-0.25, -0.2) is 9.97 Å². The van der Waals surface area contributed by atoms with Gasteiger partial charge in [0.1, 0.15) is 6.33 Å². The molecule has 1 fully saturated rings. The van der Waals surface area contributed by atoms with E-state index >= 15 is 0 Å². The summed E-state index contributed by atoms with van der Waals surface area (Å²) < 4.78 is 7.40. The van der Waals surface area contributed by atoms with E-state index in [1.54, 1.807) is 13.4 Å². The number of hydrogen-bond donors (Lipinski definition) is 0. The third-order valence-corrected chi connectivity index (χ3v) is 4.92. The van der Waals surface area contributed by atoms with E-state index in [4.69, 9.17) is 4.74 Å². The normalized spacial score (nSPS) is 15.5. The lowest BCUT2D eigenvalue weighted by Crippen LogP contribution is -2.47. The van der Waals surface area contributed by atoms with Crippen molar-refractivity contribution < 1.29 is 4.74 Å². The summed E-state index contributed by atoms with van der Waals surface area (Å²) >= 11 is 0. The number of fused-ring (bicyclic) bond motifs is 1. The van der Waals surface area contributed by atoms with Crippen LogP contribution in [0, 0.1) is 6.92 Å². The van der Waals surface area contributed by atoms with Crippen molar-refractivity contribution >= 4 is 16.6 Å². The predicted molar refractivity (Wildman–Crippen MR) is 102 cm³/mol. The van der Waals surface area contributed by atoms with E-state index < -0.39 is 0 Å². The fraction of sp³-hybridized carbons (Fsp3) is 0.421. The first-order chi connectivity index (χ1) is 12.7. The topological polar surface area (TPSA) is 59.3 Å². The maximum absolute atomic E-state index is 5.38. The van der Waals surface area contributed by atoms with Crippen molar-refractivity contribution in [2.45, 2.75) is 13.5 Å². The van der Waals surface area contributed by atoms with E-state index in [9.17, 15) is 0 Å². The lowest BCUT2D eigenvalue weighted by molar-refractivity contribution is 0.244. The van der Waals surface area contributed by atoms with Gasteiger partial charge in [-0.05, 0) is 30.7 Å². The van der Waals surface area contributed by atoms with Gasteiger partial charge >= 0.3 is 0 Å². The molecule has 0 bridgehead atoms. The Hall–Kier alpha value is -2.67. The van der Waals surface area contributed by atoms with Gasteiger partial charge < -0.3 is 9.64 Å². The Morgan fingerprint density at radius 1 is 1.08 bits per heavy atom. The number of nitrogens with zero attached hydrogens (tertiary/aromatic N) is 6. The Kier molecular flexibility index (Phi) is 4.71. The fourth-order valence-electron chi connectivity index (χ4n) is 3.44. The van der Waals surface area contributed by atoms with Crippen LogP contribution in [-0.2, 0) is 6.54 Å². The van der Waals surface area contributed by atoms with Gasteiger partial charge in [-0.2, -0.15) is 5.10 Å². The van der Waals surface area contributed by atoms with Gasteiger partial charge in [0, 0.05) is 44.6 Å². The van der Waals surface area contributed by atoms with Crippen LogP contribution in [0.25, 0.3) is 10.9 Å². The number of anilines is 1. The highest BCUT2D eigenvalue weighted by Crippen LogP contribution is 2.27. The summed E-state index contributed by atoms with van der Waals surface area (Å²) in [5.41, 5.74) is 3.33. The zero-order valence-corrected chi connectivity index (χ0v) is 15.3. The Labute approximate surface area is 153 Å². The van der Waals surface area contributed by atoms with Crippen molar-refractivity contribution in [2.24, 2.45) is 0 Å². The van der Waals surface area contributed by atoms with Crippen LogP contribution in [0.15, 0.2) is 36.9 Å². The van der Waals surface area contributed by atoms with Crippen LogP contribution in [0.5, 0.6) is 5.88 Å². The number of methoxy groups -OCH3 is 1. The van der Waals surface area contributed by atoms with E-state index in [1.807, 2.05) is 16.9 Å². The summed E-state index contributed by atoms with van der Waals surface area (Å²) in [7, 11) is 1.65. The van der Waals surface area contributed by atoms with Crippen molar-refractivity contribution in [3.05, 3.63) is 42.5 Å². The molecule has 0 spiro atoms.